The molecule has 0 spiro atoms. The molecule has 1 fully saturated rings. The Morgan fingerprint density at radius 1 is 1.23 bits per heavy atom. The summed E-state index contributed by atoms with van der Waals surface area (Å²) < 4.78 is 1.99. The number of carbonyl (C=O) groups excluding carboxylic acids is 1. The number of rotatable bonds is 10. The number of aromatic nitrogens is 2. The van der Waals surface area contributed by atoms with Gasteiger partial charge < -0.3 is 10.4 Å². The number of aliphatic hydroxyl groups is 1. The van der Waals surface area contributed by atoms with Gasteiger partial charge in [-0.25, -0.2) is 4.98 Å². The molecule has 0 unspecified atom stereocenters. The van der Waals surface area contributed by atoms with Gasteiger partial charge in [0.1, 0.15) is 15.8 Å². The number of nitrogens with one attached hydrogen (secondary N) is 1. The monoisotopic (exact) mass is 460 g/mol. The summed E-state index contributed by atoms with van der Waals surface area (Å²) >= 11 is 6.63. The Labute approximate surface area is 191 Å². The minimum absolute atomic E-state index is 0.103. The molecule has 1 amide bonds. The Hall–Kier alpha value is -2.23. The summed E-state index contributed by atoms with van der Waals surface area (Å²) in [6.07, 6.45) is 8.78. The molecular formula is C22H28N4O3S2. The summed E-state index contributed by atoms with van der Waals surface area (Å²) in [7, 11) is 0. The number of unbranched alkanes of at least 4 members (excludes halogenated alkanes) is 4. The summed E-state index contributed by atoms with van der Waals surface area (Å²) in [6, 6.07) is 3.64. The fraction of sp³-hybridized carbons (Fsp3) is 0.455. The van der Waals surface area contributed by atoms with Crippen LogP contribution in [0.15, 0.2) is 28.0 Å². The summed E-state index contributed by atoms with van der Waals surface area (Å²) in [5.41, 5.74) is 1.42. The number of carbonyl (C=O) groups is 1. The molecule has 3 heterocycles. The smallest absolute Gasteiger partial charge is 0.267 e. The van der Waals surface area contributed by atoms with E-state index in [1.54, 1.807) is 23.2 Å². The first-order chi connectivity index (χ1) is 15.0. The third-order valence-corrected chi connectivity index (χ3v) is 6.42. The van der Waals surface area contributed by atoms with Gasteiger partial charge >= 0.3 is 0 Å². The minimum atomic E-state index is -0.279. The van der Waals surface area contributed by atoms with Gasteiger partial charge in [-0.1, -0.05) is 62.7 Å². The van der Waals surface area contributed by atoms with Crippen molar-refractivity contribution in [1.82, 2.24) is 14.3 Å². The van der Waals surface area contributed by atoms with E-state index in [0.717, 1.165) is 24.8 Å². The largest absolute Gasteiger partial charge is 0.395 e. The van der Waals surface area contributed by atoms with Gasteiger partial charge in [-0.15, -0.1) is 0 Å². The lowest BCUT2D eigenvalue weighted by Gasteiger charge is -2.14. The molecule has 1 aliphatic rings. The SMILES string of the molecule is CCCCCCCN1C(=O)C(=Cc2c(NCCO)nc3ccc(C)cn3c2=O)SC1=S. The standard InChI is InChI=1S/C22H28N4O3S2/c1-3-4-5-6-7-11-25-21(29)17(31-22(25)30)13-16-19(23-10-12-27)24-18-9-8-15(2)14-26(18)20(16)28/h8-9,13-14,23,27H,3-7,10-12H2,1-2H3. The molecule has 31 heavy (non-hydrogen) atoms. The van der Waals surface area contributed by atoms with Crippen molar-refractivity contribution in [3.05, 3.63) is 44.7 Å². The highest BCUT2D eigenvalue weighted by Crippen LogP contribution is 2.33. The molecule has 0 radical (unpaired) electrons. The molecule has 9 heteroatoms. The van der Waals surface area contributed by atoms with Crippen molar-refractivity contribution in [2.24, 2.45) is 0 Å². The molecule has 1 aliphatic heterocycles. The quantitative estimate of drug-likeness (QED) is 0.318. The first kappa shape index (κ1) is 23.4. The minimum Gasteiger partial charge on any atom is -0.395 e. The van der Waals surface area contributed by atoms with E-state index in [9.17, 15) is 14.7 Å². The van der Waals surface area contributed by atoms with Crippen LogP contribution in [0, 0.1) is 6.92 Å². The Bertz CT molecular complexity index is 1060. The molecule has 0 atom stereocenters. The van der Waals surface area contributed by atoms with Crippen LogP contribution in [-0.2, 0) is 4.79 Å². The zero-order valence-corrected chi connectivity index (χ0v) is 19.5. The molecule has 0 aliphatic carbocycles. The van der Waals surface area contributed by atoms with Crippen LogP contribution in [-0.4, -0.2) is 49.3 Å². The van der Waals surface area contributed by atoms with Crippen molar-refractivity contribution in [3.63, 3.8) is 0 Å². The van der Waals surface area contributed by atoms with Crippen LogP contribution in [0.5, 0.6) is 0 Å². The van der Waals surface area contributed by atoms with E-state index in [4.69, 9.17) is 12.2 Å². The zero-order valence-electron chi connectivity index (χ0n) is 17.9. The van der Waals surface area contributed by atoms with Gasteiger partial charge in [-0.05, 0) is 31.1 Å². The van der Waals surface area contributed by atoms with E-state index >= 15 is 0 Å². The molecule has 3 rings (SSSR count). The average Bonchev–Trinajstić information content (AvgIpc) is 3.02. The maximum absolute atomic E-state index is 13.2. The molecule has 0 bridgehead atoms. The third-order valence-electron chi connectivity index (χ3n) is 5.04. The molecule has 7 nitrogen and oxygen atoms in total. The van der Waals surface area contributed by atoms with Crippen LogP contribution in [0.25, 0.3) is 11.7 Å². The van der Waals surface area contributed by atoms with Crippen molar-refractivity contribution in [3.8, 4) is 0 Å². The van der Waals surface area contributed by atoms with Gasteiger partial charge in [0.15, 0.2) is 0 Å². The van der Waals surface area contributed by atoms with Crippen molar-refractivity contribution in [2.45, 2.75) is 46.0 Å². The van der Waals surface area contributed by atoms with Crippen LogP contribution < -0.4 is 10.9 Å². The first-order valence-corrected chi connectivity index (χ1v) is 11.8. The fourth-order valence-electron chi connectivity index (χ4n) is 3.40. The molecule has 166 valence electrons. The van der Waals surface area contributed by atoms with E-state index in [1.807, 2.05) is 13.0 Å². The maximum atomic E-state index is 13.2. The highest BCUT2D eigenvalue weighted by atomic mass is 32.2. The van der Waals surface area contributed by atoms with E-state index in [2.05, 4.69) is 17.2 Å². The van der Waals surface area contributed by atoms with Crippen LogP contribution in [0.3, 0.4) is 0 Å². The number of hydrogen-bond acceptors (Lipinski definition) is 7. The molecule has 0 aromatic carbocycles. The van der Waals surface area contributed by atoms with E-state index in [1.165, 1.54) is 29.0 Å². The van der Waals surface area contributed by atoms with E-state index in [0.29, 0.717) is 27.2 Å². The lowest BCUT2D eigenvalue weighted by atomic mass is 10.1. The van der Waals surface area contributed by atoms with E-state index in [-0.39, 0.29) is 30.2 Å². The van der Waals surface area contributed by atoms with E-state index < -0.39 is 0 Å². The molecule has 2 N–H and O–H groups in total. The topological polar surface area (TPSA) is 86.9 Å². The number of aliphatic hydroxyl groups excluding tert-OH is 1. The third kappa shape index (κ3) is 5.53. The van der Waals surface area contributed by atoms with Gasteiger partial charge in [0.25, 0.3) is 11.5 Å². The number of thiocarbonyl (C=S) groups is 1. The lowest BCUT2D eigenvalue weighted by Crippen LogP contribution is -2.29. The van der Waals surface area contributed by atoms with Gasteiger partial charge in [0, 0.05) is 19.3 Å². The van der Waals surface area contributed by atoms with Gasteiger partial charge in [0.05, 0.1) is 17.1 Å². The zero-order chi connectivity index (χ0) is 22.4. The number of fused-ring (bicyclic) bond motifs is 1. The van der Waals surface area contributed by atoms with Crippen LogP contribution in [0.1, 0.15) is 50.2 Å². The number of aryl methyl sites for hydroxylation is 1. The van der Waals surface area contributed by atoms with Gasteiger partial charge in [-0.2, -0.15) is 0 Å². The summed E-state index contributed by atoms with van der Waals surface area (Å²) in [6.45, 7) is 4.80. The summed E-state index contributed by atoms with van der Waals surface area (Å²) in [5, 5.41) is 12.2. The Balaban J connectivity index is 1.91. The van der Waals surface area contributed by atoms with Crippen molar-refractivity contribution >= 4 is 51.7 Å². The Kier molecular flexibility index (Phi) is 8.22. The van der Waals surface area contributed by atoms with Crippen molar-refractivity contribution < 1.29 is 9.90 Å². The highest BCUT2D eigenvalue weighted by molar-refractivity contribution is 8.26. The normalized spacial score (nSPS) is 15.5. The predicted octanol–water partition coefficient (Wildman–Crippen LogP) is 3.58. The van der Waals surface area contributed by atoms with Crippen molar-refractivity contribution in [1.29, 1.82) is 0 Å². The molecule has 0 saturated carbocycles. The molecule has 2 aromatic heterocycles. The van der Waals surface area contributed by atoms with Crippen LogP contribution >= 0.6 is 24.0 Å². The van der Waals surface area contributed by atoms with Gasteiger partial charge in [-0.3, -0.25) is 18.9 Å². The molecular weight excluding hydrogens is 432 g/mol. The highest BCUT2D eigenvalue weighted by Gasteiger charge is 2.32. The summed E-state index contributed by atoms with van der Waals surface area (Å²) in [4.78, 5) is 32.7. The first-order valence-electron chi connectivity index (χ1n) is 10.6. The predicted molar refractivity (Wildman–Crippen MR) is 130 cm³/mol. The molecule has 2 aromatic rings. The number of pyridine rings is 1. The summed E-state index contributed by atoms with van der Waals surface area (Å²) in [5.74, 6) is 0.167. The van der Waals surface area contributed by atoms with Crippen LogP contribution in [0.2, 0.25) is 0 Å². The number of hydrogen-bond donors (Lipinski definition) is 2. The van der Waals surface area contributed by atoms with Gasteiger partial charge in [0.2, 0.25) is 0 Å². The molecule has 1 saturated heterocycles. The van der Waals surface area contributed by atoms with Crippen LogP contribution in [0.4, 0.5) is 5.82 Å². The average molecular weight is 461 g/mol. The Morgan fingerprint density at radius 3 is 2.74 bits per heavy atom. The Morgan fingerprint density at radius 2 is 2.00 bits per heavy atom. The number of thioether (sulfide) groups is 1. The second-order valence-corrected chi connectivity index (χ2v) is 9.19. The number of anilines is 1. The second kappa shape index (κ2) is 10.9. The number of amides is 1. The number of nitrogens with zero attached hydrogens (tertiary/aromatic N) is 3. The van der Waals surface area contributed by atoms with Crippen molar-refractivity contribution in [2.75, 3.05) is 25.0 Å². The lowest BCUT2D eigenvalue weighted by molar-refractivity contribution is -0.122. The maximum Gasteiger partial charge on any atom is 0.267 e. The second-order valence-electron chi connectivity index (χ2n) is 7.51. The fourth-order valence-corrected chi connectivity index (χ4v) is 4.69.